The molecule has 1 unspecified atom stereocenters. The average molecular weight is 476 g/mol. The predicted octanol–water partition coefficient (Wildman–Crippen LogP) is 5.83. The molecule has 8 heteroatoms. The molecule has 1 aromatic heterocycles. The molecule has 0 saturated carbocycles. The maximum absolute atomic E-state index is 10.7. The van der Waals surface area contributed by atoms with Crippen LogP contribution in [0.4, 0.5) is 0 Å². The lowest BCUT2D eigenvalue weighted by Crippen LogP contribution is -2.37. The summed E-state index contributed by atoms with van der Waals surface area (Å²) in [6.07, 6.45) is 9.29. The van der Waals surface area contributed by atoms with E-state index in [1.165, 1.54) is 0 Å². The number of carbonyl (C=O) groups is 1. The number of ether oxygens (including phenoxy) is 3. The first kappa shape index (κ1) is 22.8. The number of allylic oxidation sites excluding steroid dienone is 2. The zero-order chi connectivity index (χ0) is 22.5. The van der Waals surface area contributed by atoms with E-state index in [4.69, 9.17) is 42.5 Å². The number of hydrogen-bond donors (Lipinski definition) is 1. The minimum absolute atomic E-state index is 0.0390. The molecule has 1 saturated heterocycles. The summed E-state index contributed by atoms with van der Waals surface area (Å²) in [4.78, 5) is 14.9. The highest BCUT2D eigenvalue weighted by molar-refractivity contribution is 6.31. The Labute approximate surface area is 196 Å². The van der Waals surface area contributed by atoms with Crippen molar-refractivity contribution in [3.63, 3.8) is 0 Å². The van der Waals surface area contributed by atoms with Gasteiger partial charge in [0.1, 0.15) is 5.75 Å². The summed E-state index contributed by atoms with van der Waals surface area (Å²) in [5.74, 6) is -0.115. The van der Waals surface area contributed by atoms with Gasteiger partial charge in [-0.15, -0.1) is 11.6 Å². The molecule has 2 aliphatic heterocycles. The van der Waals surface area contributed by atoms with E-state index in [0.29, 0.717) is 35.8 Å². The lowest BCUT2D eigenvalue weighted by atomic mass is 9.92. The van der Waals surface area contributed by atoms with Crippen LogP contribution in [0.1, 0.15) is 41.9 Å². The number of alkyl halides is 1. The average Bonchev–Trinajstić information content (AvgIpc) is 2.80. The molecule has 0 radical (unpaired) electrons. The van der Waals surface area contributed by atoms with Gasteiger partial charge in [0.05, 0.1) is 24.4 Å². The minimum atomic E-state index is -0.809. The van der Waals surface area contributed by atoms with Gasteiger partial charge in [0, 0.05) is 40.9 Å². The number of benzene rings is 1. The van der Waals surface area contributed by atoms with Crippen molar-refractivity contribution < 1.29 is 24.1 Å². The molecule has 0 aliphatic carbocycles. The summed E-state index contributed by atoms with van der Waals surface area (Å²) < 4.78 is 18.2. The third-order valence-corrected chi connectivity index (χ3v) is 6.16. The molecule has 3 heterocycles. The molecule has 32 heavy (non-hydrogen) atoms. The molecule has 1 N–H and O–H groups in total. The van der Waals surface area contributed by atoms with Crippen molar-refractivity contribution in [2.75, 3.05) is 6.61 Å². The van der Waals surface area contributed by atoms with Crippen LogP contribution < -0.4 is 4.74 Å². The van der Waals surface area contributed by atoms with E-state index in [-0.39, 0.29) is 18.4 Å². The number of carboxylic acid groups (broad SMARTS) is 1. The Bertz CT molecular complexity index is 1010. The van der Waals surface area contributed by atoms with Crippen LogP contribution in [0.15, 0.2) is 66.7 Å². The van der Waals surface area contributed by atoms with E-state index < -0.39 is 17.6 Å². The van der Waals surface area contributed by atoms with Crippen molar-refractivity contribution in [2.45, 2.75) is 37.0 Å². The lowest BCUT2D eigenvalue weighted by Gasteiger charge is -2.39. The summed E-state index contributed by atoms with van der Waals surface area (Å²) in [5.41, 5.74) is 2.38. The van der Waals surface area contributed by atoms with Crippen molar-refractivity contribution in [1.29, 1.82) is 0 Å². The second-order valence-corrected chi connectivity index (χ2v) is 8.56. The third-order valence-electron chi connectivity index (χ3n) is 5.44. The topological polar surface area (TPSA) is 77.9 Å². The van der Waals surface area contributed by atoms with Crippen molar-refractivity contribution in [1.82, 2.24) is 4.98 Å². The number of fused-ring (bicyclic) bond motifs is 1. The van der Waals surface area contributed by atoms with E-state index in [1.54, 1.807) is 36.9 Å². The highest BCUT2D eigenvalue weighted by atomic mass is 35.5. The molecule has 6 nitrogen and oxygen atoms in total. The Kier molecular flexibility index (Phi) is 7.48. The van der Waals surface area contributed by atoms with E-state index in [1.807, 2.05) is 24.3 Å². The first-order chi connectivity index (χ1) is 15.5. The van der Waals surface area contributed by atoms with Crippen LogP contribution in [0.5, 0.6) is 5.75 Å². The van der Waals surface area contributed by atoms with Crippen LogP contribution >= 0.6 is 23.2 Å². The number of aliphatic carboxylic acids is 1. The van der Waals surface area contributed by atoms with E-state index in [2.05, 4.69) is 4.98 Å². The van der Waals surface area contributed by atoms with Gasteiger partial charge >= 0.3 is 5.97 Å². The van der Waals surface area contributed by atoms with Crippen molar-refractivity contribution in [3.8, 4) is 5.75 Å². The number of rotatable bonds is 7. The smallest absolute Gasteiger partial charge is 0.303 e. The van der Waals surface area contributed by atoms with Crippen LogP contribution in [-0.4, -0.2) is 29.0 Å². The van der Waals surface area contributed by atoms with Crippen LogP contribution in [0.3, 0.4) is 0 Å². The van der Waals surface area contributed by atoms with Crippen molar-refractivity contribution in [3.05, 3.63) is 82.9 Å². The summed E-state index contributed by atoms with van der Waals surface area (Å²) in [6.45, 7) is 0.441. The van der Waals surface area contributed by atoms with Crippen LogP contribution in [0, 0.1) is 5.92 Å². The van der Waals surface area contributed by atoms with Gasteiger partial charge < -0.3 is 19.3 Å². The molecule has 0 amide bonds. The van der Waals surface area contributed by atoms with Crippen molar-refractivity contribution in [2.24, 2.45) is 5.92 Å². The van der Waals surface area contributed by atoms with Gasteiger partial charge in [-0.05, 0) is 42.7 Å². The zero-order valence-electron chi connectivity index (χ0n) is 17.2. The van der Waals surface area contributed by atoms with Crippen LogP contribution in [-0.2, 0) is 14.3 Å². The number of carboxylic acids is 1. The Hall–Kier alpha value is -2.38. The molecule has 0 bridgehead atoms. The number of nitrogens with zero attached hydrogens (tertiary/aromatic N) is 1. The Morgan fingerprint density at radius 2 is 2.16 bits per heavy atom. The molecule has 4 atom stereocenters. The van der Waals surface area contributed by atoms with E-state index >= 15 is 0 Å². The largest absolute Gasteiger partial charge is 0.481 e. The molecular formula is C24H23Cl2NO5. The first-order valence-electron chi connectivity index (χ1n) is 10.4. The van der Waals surface area contributed by atoms with E-state index in [9.17, 15) is 4.79 Å². The van der Waals surface area contributed by atoms with Gasteiger partial charge in [0.2, 0.25) is 0 Å². The van der Waals surface area contributed by atoms with Gasteiger partial charge in [-0.3, -0.25) is 9.78 Å². The number of hydrogen-bond acceptors (Lipinski definition) is 5. The molecule has 2 aliphatic rings. The lowest BCUT2D eigenvalue weighted by molar-refractivity contribution is -0.222. The number of pyridine rings is 1. The van der Waals surface area contributed by atoms with E-state index in [0.717, 1.165) is 11.1 Å². The third kappa shape index (κ3) is 5.33. The minimum Gasteiger partial charge on any atom is -0.481 e. The highest BCUT2D eigenvalue weighted by Gasteiger charge is 2.38. The standard InChI is InChI=1S/C24H23Cl2NO5/c25-17-8-9-20-18(11-17)22(26)19(14-30-20)24-31-13-16(5-2-1-3-7-21(28)29)23(32-24)15-6-4-10-27-12-15/h1-2,4,6,8-12,14,16,22-24H,3,5,7,13H2,(H,28,29)/b2-1-/t16-,22?,23-,24+/m1/s1. The molecular weight excluding hydrogens is 453 g/mol. The second-order valence-electron chi connectivity index (χ2n) is 7.69. The summed E-state index contributed by atoms with van der Waals surface area (Å²) in [7, 11) is 0. The van der Waals surface area contributed by atoms with Crippen LogP contribution in [0.25, 0.3) is 0 Å². The summed E-state index contributed by atoms with van der Waals surface area (Å²) in [5, 5.41) is 8.87. The normalized spacial score (nSPS) is 25.1. The fourth-order valence-electron chi connectivity index (χ4n) is 3.81. The first-order valence-corrected chi connectivity index (χ1v) is 11.2. The van der Waals surface area contributed by atoms with Crippen LogP contribution in [0.2, 0.25) is 5.02 Å². The fourth-order valence-corrected chi connectivity index (χ4v) is 4.31. The van der Waals surface area contributed by atoms with Crippen molar-refractivity contribution >= 4 is 29.2 Å². The summed E-state index contributed by atoms with van der Waals surface area (Å²) in [6, 6.07) is 9.17. The zero-order valence-corrected chi connectivity index (χ0v) is 18.7. The molecule has 1 fully saturated rings. The molecule has 4 rings (SSSR count). The molecule has 0 spiro atoms. The fraction of sp³-hybridized carbons (Fsp3) is 0.333. The Morgan fingerprint density at radius 3 is 2.94 bits per heavy atom. The van der Waals surface area contributed by atoms with Gasteiger partial charge in [-0.1, -0.05) is 29.8 Å². The quantitative estimate of drug-likeness (QED) is 0.400. The number of aromatic nitrogens is 1. The maximum atomic E-state index is 10.7. The predicted molar refractivity (Wildman–Crippen MR) is 121 cm³/mol. The maximum Gasteiger partial charge on any atom is 0.303 e. The SMILES string of the molecule is O=C(O)CC/C=C\C[C@@H]1CO[C@H](C2=COc3ccc(Cl)cc3C2Cl)O[C@@H]1c1cccnc1. The second kappa shape index (κ2) is 10.5. The number of halogens is 2. The molecule has 2 aromatic rings. The van der Waals surface area contributed by atoms with Gasteiger partial charge in [-0.25, -0.2) is 0 Å². The summed E-state index contributed by atoms with van der Waals surface area (Å²) >= 11 is 12.9. The monoisotopic (exact) mass is 475 g/mol. The van der Waals surface area contributed by atoms with Gasteiger partial charge in [0.25, 0.3) is 0 Å². The highest BCUT2D eigenvalue weighted by Crippen LogP contribution is 2.45. The van der Waals surface area contributed by atoms with Gasteiger partial charge in [-0.2, -0.15) is 0 Å². The molecule has 1 aromatic carbocycles. The molecule has 168 valence electrons. The van der Waals surface area contributed by atoms with Gasteiger partial charge in [0.15, 0.2) is 6.29 Å². The Balaban J connectivity index is 1.50. The Morgan fingerprint density at radius 1 is 1.28 bits per heavy atom.